The topological polar surface area (TPSA) is 20.2 Å². The van der Waals surface area contributed by atoms with E-state index in [1.165, 1.54) is 22.7 Å². The molecular weight excluding hydrogens is 917 g/mol. The summed E-state index contributed by atoms with van der Waals surface area (Å²) in [6, 6.07) is 15.8. The van der Waals surface area contributed by atoms with Gasteiger partial charge in [-0.25, -0.2) is 0 Å². The van der Waals surface area contributed by atoms with Crippen LogP contribution >= 0.6 is 45.3 Å². The highest BCUT2D eigenvalue weighted by Gasteiger charge is 2.22. The van der Waals surface area contributed by atoms with Gasteiger partial charge in [0.1, 0.15) is 5.60 Å². The maximum Gasteiger partial charge on any atom is 0.120 e. The van der Waals surface area contributed by atoms with Crippen molar-refractivity contribution >= 4 is 54.1 Å². The lowest BCUT2D eigenvalue weighted by atomic mass is 10.1. The summed E-state index contributed by atoms with van der Waals surface area (Å²) in [4.78, 5) is 7.65. The highest BCUT2D eigenvalue weighted by Crippen LogP contribution is 2.29. The van der Waals surface area contributed by atoms with Gasteiger partial charge in [-0.3, -0.25) is 0 Å². The molecular formula is C62H70OS4Si. The smallest absolute Gasteiger partial charge is 0.120 e. The van der Waals surface area contributed by atoms with E-state index in [-0.39, 0.29) is 0 Å². The molecule has 4 aromatic heterocycles. The predicted molar refractivity (Wildman–Crippen MR) is 307 cm³/mol. The number of rotatable bonds is 9. The number of thiophene rings is 4. The van der Waals surface area contributed by atoms with Crippen LogP contribution in [0.15, 0.2) is 82.5 Å². The molecule has 0 radical (unpaired) electrons. The second kappa shape index (κ2) is 31.7. The summed E-state index contributed by atoms with van der Waals surface area (Å²) in [5.74, 6) is 44.0. The highest BCUT2D eigenvalue weighted by molar-refractivity contribution is 7.14. The summed E-state index contributed by atoms with van der Waals surface area (Å²) in [7, 11) is -0.454. The lowest BCUT2D eigenvalue weighted by molar-refractivity contribution is 0.143. The Morgan fingerprint density at radius 1 is 0.529 bits per heavy atom. The van der Waals surface area contributed by atoms with Crippen molar-refractivity contribution in [2.45, 2.75) is 158 Å². The highest BCUT2D eigenvalue weighted by atomic mass is 32.1. The Morgan fingerprint density at radius 3 is 1.15 bits per heavy atom. The van der Waals surface area contributed by atoms with Gasteiger partial charge in [-0.05, 0) is 108 Å². The van der Waals surface area contributed by atoms with E-state index in [1.807, 2.05) is 43.3 Å². The van der Waals surface area contributed by atoms with Gasteiger partial charge in [0, 0.05) is 31.1 Å². The summed E-state index contributed by atoms with van der Waals surface area (Å²) in [6.45, 7) is 30.3. The normalized spacial score (nSPS) is 11.3. The van der Waals surface area contributed by atoms with E-state index in [4.69, 9.17) is 12.8 Å². The minimum atomic E-state index is -0.944. The number of aliphatic hydroxyl groups is 1. The molecule has 4 heterocycles. The molecule has 0 unspecified atom stereocenters. The van der Waals surface area contributed by atoms with Gasteiger partial charge >= 0.3 is 0 Å². The Labute approximate surface area is 431 Å². The Hall–Kier alpha value is -5.32. The third-order valence-electron chi connectivity index (χ3n) is 9.96. The fraction of sp³-hybridized carbons (Fsp3) is 0.387. The van der Waals surface area contributed by atoms with Crippen molar-refractivity contribution in [2.24, 2.45) is 0 Å². The molecule has 0 aliphatic heterocycles. The molecule has 68 heavy (non-hydrogen) atoms. The molecule has 0 aliphatic carbocycles. The zero-order chi connectivity index (χ0) is 50.6. The summed E-state index contributed by atoms with van der Waals surface area (Å²) in [5.41, 5.74) is 7.27. The zero-order valence-electron chi connectivity index (χ0n) is 43.0. The van der Waals surface area contributed by atoms with Crippen LogP contribution < -0.4 is 0 Å². The lowest BCUT2D eigenvalue weighted by Gasteiger charge is -2.26. The molecule has 0 saturated heterocycles. The van der Waals surface area contributed by atoms with Crippen LogP contribution in [0, 0.1) is 95.7 Å². The molecule has 4 rings (SSSR count). The van der Waals surface area contributed by atoms with Crippen molar-refractivity contribution in [1.82, 2.24) is 0 Å². The Bertz CT molecular complexity index is 2810. The van der Waals surface area contributed by atoms with Gasteiger partial charge in [0.25, 0.3) is 0 Å². The molecule has 0 aliphatic rings. The van der Waals surface area contributed by atoms with Crippen LogP contribution in [-0.4, -0.2) is 19.5 Å². The number of hydrogen-bond acceptors (Lipinski definition) is 5. The third-order valence-corrected chi connectivity index (χ3v) is 18.3. The van der Waals surface area contributed by atoms with Crippen molar-refractivity contribution in [1.29, 1.82) is 0 Å². The maximum absolute atomic E-state index is 9.33. The number of hydrogen-bond donors (Lipinski definition) is 1. The van der Waals surface area contributed by atoms with Crippen molar-refractivity contribution in [3.63, 3.8) is 0 Å². The Balaban J connectivity index is 0.000000560. The van der Waals surface area contributed by atoms with E-state index >= 15 is 0 Å². The monoisotopic (exact) mass is 986 g/mol. The van der Waals surface area contributed by atoms with E-state index in [0.717, 1.165) is 122 Å². The first-order valence-corrected chi connectivity index (χ1v) is 28.8. The second-order valence-corrected chi connectivity index (χ2v) is 27.2. The largest absolute Gasteiger partial charge is 0.378 e. The van der Waals surface area contributed by atoms with Crippen molar-refractivity contribution in [3.05, 3.63) is 121 Å². The molecule has 0 amide bonds. The van der Waals surface area contributed by atoms with Gasteiger partial charge in [-0.1, -0.05) is 187 Å². The van der Waals surface area contributed by atoms with E-state index in [0.29, 0.717) is 0 Å². The first kappa shape index (κ1) is 58.8. The van der Waals surface area contributed by atoms with Crippen molar-refractivity contribution < 1.29 is 5.11 Å². The van der Waals surface area contributed by atoms with E-state index < -0.39 is 14.4 Å². The van der Waals surface area contributed by atoms with Crippen molar-refractivity contribution in [3.8, 4) is 95.7 Å². The van der Waals surface area contributed by atoms with Crippen LogP contribution in [0.3, 0.4) is 0 Å². The van der Waals surface area contributed by atoms with Crippen LogP contribution in [0.2, 0.25) is 16.6 Å². The van der Waals surface area contributed by atoms with Crippen LogP contribution in [0.25, 0.3) is 0 Å². The first-order chi connectivity index (χ1) is 32.3. The average molecular weight is 988 g/mol. The molecule has 6 heteroatoms. The average Bonchev–Trinajstić information content (AvgIpc) is 4.13. The maximum atomic E-state index is 9.33. The Morgan fingerprint density at radius 2 is 0.853 bits per heavy atom. The Kier molecular flexibility index (Phi) is 27.4. The van der Waals surface area contributed by atoms with Crippen LogP contribution in [0.5, 0.6) is 0 Å². The van der Waals surface area contributed by atoms with Gasteiger partial charge < -0.3 is 5.11 Å². The molecule has 0 bridgehead atoms. The van der Waals surface area contributed by atoms with Gasteiger partial charge in [-0.2, -0.15) is 0 Å². The minimum Gasteiger partial charge on any atom is -0.378 e. The van der Waals surface area contributed by atoms with Crippen LogP contribution in [-0.2, 0) is 0 Å². The summed E-state index contributed by atoms with van der Waals surface area (Å²) >= 11 is 6.24. The van der Waals surface area contributed by atoms with Crippen molar-refractivity contribution in [2.75, 3.05) is 0 Å². The SMILES string of the molecule is C#Cc1ccc(C#C/C(C)=C(/C#Cc2ccc(C#C/C(C)=C(/C#Cc3ccc(C#C/C(C)=C\CCC)s3)CCC)s2)CCC)s1.C#Cc1ccc(C#CC(C)(C)O)s1.CC(C)[SiH](C(C)C)C(C)C. The van der Waals surface area contributed by atoms with Gasteiger partial charge in [0.15, 0.2) is 0 Å². The molecule has 0 saturated carbocycles. The van der Waals surface area contributed by atoms with E-state index in [2.05, 4.69) is 177 Å². The molecule has 0 atom stereocenters. The second-order valence-electron chi connectivity index (χ2n) is 17.7. The molecule has 0 spiro atoms. The fourth-order valence-corrected chi connectivity index (χ4v) is 14.3. The van der Waals surface area contributed by atoms with Gasteiger partial charge in [-0.15, -0.1) is 58.2 Å². The summed E-state index contributed by atoms with van der Waals surface area (Å²) in [5, 5.41) is 9.33. The molecule has 0 aromatic carbocycles. The third kappa shape index (κ3) is 23.6. The van der Waals surface area contributed by atoms with Crippen LogP contribution in [0.4, 0.5) is 0 Å². The molecule has 1 nitrogen and oxygen atoms in total. The molecule has 1 N–H and O–H groups in total. The molecule has 4 aromatic rings. The lowest BCUT2D eigenvalue weighted by Crippen LogP contribution is -2.24. The minimum absolute atomic E-state index is 0.454. The molecule has 0 fully saturated rings. The predicted octanol–water partition coefficient (Wildman–Crippen LogP) is 16.3. The van der Waals surface area contributed by atoms with E-state index in [9.17, 15) is 5.11 Å². The van der Waals surface area contributed by atoms with E-state index in [1.54, 1.807) is 36.5 Å². The first-order valence-electron chi connectivity index (χ1n) is 23.6. The summed E-state index contributed by atoms with van der Waals surface area (Å²) in [6.07, 6.45) is 18.9. The quantitative estimate of drug-likeness (QED) is 0.131. The standard InChI is InChI=1S/C42H38S3.C11H10OS.C9H22Si/c1-8-12-15-32(5)16-21-38-28-30-41(44-38)24-19-36(14-10-3)34(7)18-23-40-29-31-42(45-40)25-20-35(13-9-2)33(6)17-22-39-27-26-37(11-4)43-39;1-4-9-5-6-10(13-9)7-8-11(2,3)12;1-7(2)10(8(3)4)9(5)6/h4,15,26-31H,8-10,12-14H2,1-3,5-7H3;1,5-6,12H,2-3H3;7-10H,1-6H3/b32-15-,35-33+,36-34+;;. The zero-order valence-corrected chi connectivity index (χ0v) is 47.4. The summed E-state index contributed by atoms with van der Waals surface area (Å²) < 4.78 is 0. The van der Waals surface area contributed by atoms with Gasteiger partial charge in [0.05, 0.1) is 39.0 Å². The number of unbranched alkanes of at least 4 members (excludes halogenated alkanes) is 1. The fourth-order valence-electron chi connectivity index (χ4n) is 6.93. The molecule has 352 valence electrons. The van der Waals surface area contributed by atoms with Crippen LogP contribution in [0.1, 0.15) is 174 Å². The van der Waals surface area contributed by atoms with Gasteiger partial charge in [0.2, 0.25) is 0 Å². The number of terminal acetylenes is 2. The number of allylic oxidation sites excluding steroid dienone is 6.